The van der Waals surface area contributed by atoms with Gasteiger partial charge in [-0.05, 0) is 37.5 Å². The monoisotopic (exact) mass is 514 g/mol. The van der Waals surface area contributed by atoms with Crippen molar-refractivity contribution in [2.24, 2.45) is 17.8 Å². The first-order chi connectivity index (χ1) is 16.4. The first-order valence-electron chi connectivity index (χ1n) is 13.1. The Bertz CT molecular complexity index is 653. The van der Waals surface area contributed by atoms with E-state index in [1.165, 1.54) is 75.7 Å². The van der Waals surface area contributed by atoms with Gasteiger partial charge in [-0.1, -0.05) is 84.3 Å². The average Bonchev–Trinajstić information content (AvgIpc) is 2.74. The summed E-state index contributed by atoms with van der Waals surface area (Å²) in [6.07, 6.45) is 13.6. The number of amides is 2. The smallest absolute Gasteiger partial charge is 0.327 e. The molecule has 8 heteroatoms. The summed E-state index contributed by atoms with van der Waals surface area (Å²) >= 11 is 1.44. The zero-order valence-corrected chi connectivity index (χ0v) is 23.7. The van der Waals surface area contributed by atoms with E-state index in [1.807, 2.05) is 0 Å². The number of urea groups is 1. The van der Waals surface area contributed by atoms with Crippen molar-refractivity contribution < 1.29 is 24.6 Å². The third-order valence-corrected chi connectivity index (χ3v) is 7.26. The molecule has 0 aliphatic heterocycles. The van der Waals surface area contributed by atoms with Crippen molar-refractivity contribution in [1.82, 2.24) is 10.2 Å². The fourth-order valence-electron chi connectivity index (χ4n) is 3.91. The number of nitrogens with zero attached hydrogens (tertiary/aromatic N) is 1. The maximum Gasteiger partial charge on any atom is 0.327 e. The Kier molecular flexibility index (Phi) is 18.5. The first kappa shape index (κ1) is 33.3. The molecule has 3 unspecified atom stereocenters. The van der Waals surface area contributed by atoms with Crippen molar-refractivity contribution in [3.63, 3.8) is 0 Å². The van der Waals surface area contributed by atoms with Crippen LogP contribution in [0, 0.1) is 17.8 Å². The van der Waals surface area contributed by atoms with Crippen molar-refractivity contribution in [2.75, 3.05) is 25.1 Å². The molecule has 2 amide bonds. The first-order valence-corrected chi connectivity index (χ1v) is 14.3. The predicted molar refractivity (Wildman–Crippen MR) is 146 cm³/mol. The maximum absolute atomic E-state index is 11.9. The van der Waals surface area contributed by atoms with E-state index >= 15 is 0 Å². The lowest BCUT2D eigenvalue weighted by Crippen LogP contribution is -2.49. The van der Waals surface area contributed by atoms with Crippen LogP contribution in [0.1, 0.15) is 92.4 Å². The fraction of sp³-hybridized carbons (Fsp3) is 0.815. The Labute approximate surface area is 217 Å². The number of rotatable bonds is 20. The van der Waals surface area contributed by atoms with Crippen LogP contribution in [0.2, 0.25) is 0 Å². The number of hydrogen-bond acceptors (Lipinski definition) is 4. The van der Waals surface area contributed by atoms with Crippen LogP contribution in [-0.2, 0) is 9.59 Å². The Hall–Kier alpha value is -1.70. The summed E-state index contributed by atoms with van der Waals surface area (Å²) in [6, 6.07) is -1.77. The van der Waals surface area contributed by atoms with Crippen molar-refractivity contribution in [3.8, 4) is 0 Å². The fourth-order valence-corrected chi connectivity index (χ4v) is 4.91. The Morgan fingerprint density at radius 2 is 1.46 bits per heavy atom. The van der Waals surface area contributed by atoms with Crippen molar-refractivity contribution in [2.45, 2.75) is 98.4 Å². The lowest BCUT2D eigenvalue weighted by molar-refractivity contribution is -0.138. The van der Waals surface area contributed by atoms with E-state index in [9.17, 15) is 19.5 Å². The molecule has 0 radical (unpaired) electrons. The molecule has 0 spiro atoms. The van der Waals surface area contributed by atoms with Gasteiger partial charge in [-0.2, -0.15) is 11.8 Å². The van der Waals surface area contributed by atoms with Crippen LogP contribution in [0.5, 0.6) is 0 Å². The van der Waals surface area contributed by atoms with Gasteiger partial charge in [-0.3, -0.25) is 4.79 Å². The number of likely N-dealkylation sites (N-methyl/N-ethyl adjacent to an activating group) is 1. The average molecular weight is 515 g/mol. The molecule has 3 atom stereocenters. The van der Waals surface area contributed by atoms with E-state index in [0.29, 0.717) is 5.75 Å². The lowest BCUT2D eigenvalue weighted by Gasteiger charge is -2.19. The number of allylic oxidation sites excluding steroid dienone is 1. The third kappa shape index (κ3) is 19.2. The van der Waals surface area contributed by atoms with Gasteiger partial charge in [0.25, 0.3) is 0 Å². The molecule has 0 saturated carbocycles. The minimum atomic E-state index is -1.15. The van der Waals surface area contributed by atoms with Gasteiger partial charge in [-0.25, -0.2) is 9.59 Å². The standard InChI is InChI=1S/C27H50N2O5S/c1-20(2)10-7-11-21(3)12-8-13-22(4)14-9-15-23(5)16-17-35-19-24(26(32)33)28-27(34)29(6)18-25(30)31/h16,20-22,24H,7-15,17-19H2,1-6H3,(H,28,34)(H,30,31)(H,32,33)/b23-16-. The van der Waals surface area contributed by atoms with Crippen molar-refractivity contribution in [1.29, 1.82) is 0 Å². The van der Waals surface area contributed by atoms with Gasteiger partial charge in [0.1, 0.15) is 12.6 Å². The molecule has 0 fully saturated rings. The van der Waals surface area contributed by atoms with E-state index in [2.05, 4.69) is 46.0 Å². The molecule has 0 aromatic heterocycles. The second kappa shape index (κ2) is 19.5. The van der Waals surface area contributed by atoms with Crippen LogP contribution in [0.4, 0.5) is 4.79 Å². The molecular weight excluding hydrogens is 464 g/mol. The maximum atomic E-state index is 11.9. The molecule has 204 valence electrons. The number of carboxylic acid groups (broad SMARTS) is 2. The lowest BCUT2D eigenvalue weighted by atomic mass is 9.91. The summed E-state index contributed by atoms with van der Waals surface area (Å²) in [6.45, 7) is 11.0. The number of nitrogens with one attached hydrogen (secondary N) is 1. The van der Waals surface area contributed by atoms with E-state index in [-0.39, 0.29) is 5.75 Å². The highest BCUT2D eigenvalue weighted by molar-refractivity contribution is 7.99. The number of carbonyl (C=O) groups is 3. The molecule has 0 aromatic rings. The number of carbonyl (C=O) groups excluding carboxylic acids is 1. The normalized spacial score (nSPS) is 14.4. The minimum absolute atomic E-state index is 0.221. The van der Waals surface area contributed by atoms with Gasteiger partial charge in [0.05, 0.1) is 0 Å². The highest BCUT2D eigenvalue weighted by Crippen LogP contribution is 2.22. The van der Waals surface area contributed by atoms with E-state index in [4.69, 9.17) is 5.11 Å². The van der Waals surface area contributed by atoms with Gasteiger partial charge in [0.15, 0.2) is 0 Å². The molecule has 0 heterocycles. The summed E-state index contributed by atoms with van der Waals surface area (Å²) in [4.78, 5) is 35.0. The van der Waals surface area contributed by atoms with Gasteiger partial charge in [-0.15, -0.1) is 0 Å². The van der Waals surface area contributed by atoms with E-state index in [1.54, 1.807) is 0 Å². The number of carboxylic acids is 2. The number of hydrogen-bond donors (Lipinski definition) is 3. The topological polar surface area (TPSA) is 107 Å². The highest BCUT2D eigenvalue weighted by Gasteiger charge is 2.22. The molecule has 0 aliphatic carbocycles. The number of aliphatic carboxylic acids is 2. The van der Waals surface area contributed by atoms with Gasteiger partial charge in [0.2, 0.25) is 0 Å². The van der Waals surface area contributed by atoms with Crippen LogP contribution in [0.3, 0.4) is 0 Å². The van der Waals surface area contributed by atoms with Crippen molar-refractivity contribution >= 4 is 29.7 Å². The van der Waals surface area contributed by atoms with Gasteiger partial charge < -0.3 is 20.4 Å². The summed E-state index contributed by atoms with van der Waals surface area (Å²) < 4.78 is 0. The second-order valence-electron chi connectivity index (χ2n) is 10.5. The molecule has 0 aromatic carbocycles. The minimum Gasteiger partial charge on any atom is -0.480 e. The summed E-state index contributed by atoms with van der Waals surface area (Å²) in [7, 11) is 1.32. The Morgan fingerprint density at radius 3 is 1.97 bits per heavy atom. The van der Waals surface area contributed by atoms with Crippen LogP contribution >= 0.6 is 11.8 Å². The molecular formula is C27H50N2O5S. The molecule has 0 saturated heterocycles. The number of thioether (sulfide) groups is 1. The van der Waals surface area contributed by atoms with Crippen LogP contribution < -0.4 is 5.32 Å². The van der Waals surface area contributed by atoms with E-state index in [0.717, 1.165) is 29.1 Å². The Balaban J connectivity index is 4.08. The molecule has 3 N–H and O–H groups in total. The third-order valence-electron chi connectivity index (χ3n) is 6.29. The summed E-state index contributed by atoms with van der Waals surface area (Å²) in [5, 5.41) is 20.5. The van der Waals surface area contributed by atoms with E-state index < -0.39 is 30.6 Å². The Morgan fingerprint density at radius 1 is 0.914 bits per heavy atom. The van der Waals surface area contributed by atoms with Crippen LogP contribution in [0.25, 0.3) is 0 Å². The second-order valence-corrected chi connectivity index (χ2v) is 11.6. The molecule has 0 aliphatic rings. The van der Waals surface area contributed by atoms with Crippen LogP contribution in [-0.4, -0.2) is 64.2 Å². The summed E-state index contributed by atoms with van der Waals surface area (Å²) in [5.74, 6) is 1.02. The highest BCUT2D eigenvalue weighted by atomic mass is 32.2. The zero-order valence-electron chi connectivity index (χ0n) is 22.8. The zero-order chi connectivity index (χ0) is 26.8. The van der Waals surface area contributed by atoms with Gasteiger partial charge in [0, 0.05) is 18.6 Å². The van der Waals surface area contributed by atoms with Crippen LogP contribution in [0.15, 0.2) is 11.6 Å². The summed E-state index contributed by atoms with van der Waals surface area (Å²) in [5.41, 5.74) is 1.31. The SMILES string of the molecule is C/C(=C/CSCC(NC(=O)N(C)CC(=O)O)C(=O)O)CCCC(C)CCCC(C)CCCC(C)C. The molecule has 35 heavy (non-hydrogen) atoms. The predicted octanol–water partition coefficient (Wildman–Crippen LogP) is 6.28. The largest absolute Gasteiger partial charge is 0.480 e. The van der Waals surface area contributed by atoms with Gasteiger partial charge >= 0.3 is 18.0 Å². The molecule has 0 rings (SSSR count). The molecule has 7 nitrogen and oxygen atoms in total. The quantitative estimate of drug-likeness (QED) is 0.130. The molecule has 0 bridgehead atoms. The van der Waals surface area contributed by atoms with Crippen molar-refractivity contribution in [3.05, 3.63) is 11.6 Å².